The summed E-state index contributed by atoms with van der Waals surface area (Å²) in [7, 11) is 3.60. The van der Waals surface area contributed by atoms with Crippen LogP contribution in [0, 0.1) is 18.8 Å². The molecule has 3 fully saturated rings. The van der Waals surface area contributed by atoms with Crippen molar-refractivity contribution in [3.05, 3.63) is 23.3 Å². The van der Waals surface area contributed by atoms with Gasteiger partial charge in [-0.3, -0.25) is 0 Å². The summed E-state index contributed by atoms with van der Waals surface area (Å²) >= 11 is 0. The summed E-state index contributed by atoms with van der Waals surface area (Å²) in [6, 6.07) is 4.87. The Kier molecular flexibility index (Phi) is 4.21. The second kappa shape index (κ2) is 6.38. The molecule has 5 atom stereocenters. The van der Waals surface area contributed by atoms with Gasteiger partial charge < -0.3 is 19.1 Å². The van der Waals surface area contributed by atoms with E-state index in [1.807, 2.05) is 7.11 Å². The van der Waals surface area contributed by atoms with E-state index in [1.54, 1.807) is 7.11 Å². The van der Waals surface area contributed by atoms with E-state index < -0.39 is 0 Å². The Labute approximate surface area is 163 Å². The van der Waals surface area contributed by atoms with Crippen LogP contribution in [0.4, 0.5) is 0 Å². The topological polar surface area (TPSA) is 30.9 Å². The molecule has 0 N–H and O–H groups in total. The zero-order chi connectivity index (χ0) is 18.8. The first-order valence-corrected chi connectivity index (χ1v) is 10.7. The fourth-order valence-electron chi connectivity index (χ4n) is 6.49. The SMILES string of the molecule is COc1ccc(C)c2c1O[C@H]1C(OC)CCC3C(C)N(CC4CC4)CCC231. The van der Waals surface area contributed by atoms with Crippen molar-refractivity contribution in [3.63, 3.8) is 0 Å². The van der Waals surface area contributed by atoms with Crippen LogP contribution in [-0.2, 0) is 10.2 Å². The quantitative estimate of drug-likeness (QED) is 0.802. The molecule has 0 aromatic heterocycles. The van der Waals surface area contributed by atoms with Gasteiger partial charge in [-0.05, 0) is 76.0 Å². The Bertz CT molecular complexity index is 731. The number of fused-ring (bicyclic) bond motifs is 1. The van der Waals surface area contributed by atoms with Crippen molar-refractivity contribution in [1.29, 1.82) is 0 Å². The van der Waals surface area contributed by atoms with Crippen molar-refractivity contribution >= 4 is 0 Å². The van der Waals surface area contributed by atoms with Crippen LogP contribution in [0.25, 0.3) is 0 Å². The minimum atomic E-state index is 0.0619. The van der Waals surface area contributed by atoms with E-state index in [9.17, 15) is 0 Å². The lowest BCUT2D eigenvalue weighted by atomic mass is 9.55. The molecule has 1 saturated heterocycles. The summed E-state index contributed by atoms with van der Waals surface area (Å²) in [6.07, 6.45) is 6.60. The van der Waals surface area contributed by atoms with E-state index in [-0.39, 0.29) is 17.6 Å². The molecule has 0 radical (unpaired) electrons. The van der Waals surface area contributed by atoms with Gasteiger partial charge in [-0.1, -0.05) is 6.07 Å². The number of piperidine rings is 1. The van der Waals surface area contributed by atoms with Gasteiger partial charge in [0.05, 0.1) is 13.2 Å². The van der Waals surface area contributed by atoms with Crippen LogP contribution in [0.15, 0.2) is 12.1 Å². The highest BCUT2D eigenvalue weighted by molar-refractivity contribution is 5.59. The number of hydrogen-bond donors (Lipinski definition) is 0. The zero-order valence-electron chi connectivity index (χ0n) is 17.2. The van der Waals surface area contributed by atoms with E-state index in [0.717, 1.165) is 23.8 Å². The number of hydrogen-bond acceptors (Lipinski definition) is 4. The predicted molar refractivity (Wildman–Crippen MR) is 106 cm³/mol. The maximum atomic E-state index is 6.69. The lowest BCUT2D eigenvalue weighted by Gasteiger charge is -2.56. The van der Waals surface area contributed by atoms with Gasteiger partial charge >= 0.3 is 0 Å². The fraction of sp³-hybridized carbons (Fsp3) is 0.739. The van der Waals surface area contributed by atoms with Gasteiger partial charge in [0.2, 0.25) is 0 Å². The van der Waals surface area contributed by atoms with Crippen LogP contribution >= 0.6 is 0 Å². The summed E-state index contributed by atoms with van der Waals surface area (Å²) in [5.74, 6) is 3.43. The van der Waals surface area contributed by atoms with Gasteiger partial charge in [0.25, 0.3) is 0 Å². The largest absolute Gasteiger partial charge is 0.493 e. The fourth-order valence-corrected chi connectivity index (χ4v) is 6.49. The molecule has 2 aliphatic carbocycles. The van der Waals surface area contributed by atoms with Gasteiger partial charge in [-0.2, -0.15) is 0 Å². The molecule has 5 rings (SSSR count). The van der Waals surface area contributed by atoms with Crippen LogP contribution in [-0.4, -0.2) is 50.5 Å². The van der Waals surface area contributed by atoms with Crippen molar-refractivity contribution in [3.8, 4) is 11.5 Å². The standard InChI is InChI=1S/C23H33NO3/c1-14-5-9-18(25-3)21-20(14)23-11-12-24(13-16-6-7-16)15(2)17(23)8-10-19(26-4)22(23)27-21/h5,9,15-17,19,22H,6-8,10-13H2,1-4H3/t15?,17?,19?,22-,23?/m0/s1. The number of benzene rings is 1. The highest BCUT2D eigenvalue weighted by Crippen LogP contribution is 2.61. The molecule has 0 bridgehead atoms. The molecule has 148 valence electrons. The maximum absolute atomic E-state index is 6.69. The van der Waals surface area contributed by atoms with E-state index in [4.69, 9.17) is 14.2 Å². The van der Waals surface area contributed by atoms with Crippen molar-refractivity contribution in [2.75, 3.05) is 27.3 Å². The zero-order valence-corrected chi connectivity index (χ0v) is 17.2. The highest BCUT2D eigenvalue weighted by atomic mass is 16.6. The number of aryl methyl sites for hydroxylation is 1. The van der Waals surface area contributed by atoms with E-state index in [0.29, 0.717) is 12.0 Å². The van der Waals surface area contributed by atoms with Crippen LogP contribution in [0.1, 0.15) is 50.2 Å². The first-order valence-electron chi connectivity index (χ1n) is 10.7. The van der Waals surface area contributed by atoms with Gasteiger partial charge in [0.1, 0.15) is 6.10 Å². The molecular weight excluding hydrogens is 338 g/mol. The molecule has 2 saturated carbocycles. The third-order valence-electron chi connectivity index (χ3n) is 7.99. The molecule has 1 aromatic rings. The molecule has 4 unspecified atom stereocenters. The normalized spacial score (nSPS) is 37.9. The Balaban J connectivity index is 1.60. The maximum Gasteiger partial charge on any atom is 0.165 e. The summed E-state index contributed by atoms with van der Waals surface area (Å²) < 4.78 is 18.3. The average molecular weight is 372 g/mol. The number of likely N-dealkylation sites (tertiary alicyclic amines) is 1. The number of methoxy groups -OCH3 is 2. The van der Waals surface area contributed by atoms with Crippen LogP contribution in [0.2, 0.25) is 0 Å². The second-order valence-corrected chi connectivity index (χ2v) is 9.25. The molecule has 2 heterocycles. The van der Waals surface area contributed by atoms with Gasteiger partial charge in [0.15, 0.2) is 11.5 Å². The van der Waals surface area contributed by atoms with Crippen molar-refractivity contribution in [1.82, 2.24) is 4.90 Å². The molecule has 4 aliphatic rings. The van der Waals surface area contributed by atoms with E-state index in [2.05, 4.69) is 30.9 Å². The Morgan fingerprint density at radius 3 is 2.70 bits per heavy atom. The van der Waals surface area contributed by atoms with E-state index >= 15 is 0 Å². The van der Waals surface area contributed by atoms with Crippen LogP contribution < -0.4 is 9.47 Å². The first-order chi connectivity index (χ1) is 13.1. The molecular formula is C23H33NO3. The van der Waals surface area contributed by atoms with Gasteiger partial charge in [-0.25, -0.2) is 0 Å². The van der Waals surface area contributed by atoms with Gasteiger partial charge in [-0.15, -0.1) is 0 Å². The summed E-state index contributed by atoms with van der Waals surface area (Å²) in [5, 5.41) is 0. The molecule has 1 aromatic carbocycles. The summed E-state index contributed by atoms with van der Waals surface area (Å²) in [5.41, 5.74) is 2.82. The highest BCUT2D eigenvalue weighted by Gasteiger charge is 2.63. The molecule has 4 heteroatoms. The lowest BCUT2D eigenvalue weighted by Crippen LogP contribution is -2.64. The second-order valence-electron chi connectivity index (χ2n) is 9.25. The first kappa shape index (κ1) is 17.8. The molecule has 0 amide bonds. The summed E-state index contributed by atoms with van der Waals surface area (Å²) in [6.45, 7) is 7.16. The smallest absolute Gasteiger partial charge is 0.165 e. The molecule has 27 heavy (non-hydrogen) atoms. The summed E-state index contributed by atoms with van der Waals surface area (Å²) in [4.78, 5) is 2.77. The Morgan fingerprint density at radius 1 is 1.19 bits per heavy atom. The number of ether oxygens (including phenoxy) is 3. The van der Waals surface area contributed by atoms with E-state index in [1.165, 1.54) is 49.9 Å². The number of rotatable bonds is 4. The van der Waals surface area contributed by atoms with Crippen LogP contribution in [0.5, 0.6) is 11.5 Å². The Morgan fingerprint density at radius 2 is 2.00 bits per heavy atom. The average Bonchev–Trinajstić information content (AvgIpc) is 3.42. The Hall–Kier alpha value is -1.26. The molecule has 1 spiro atoms. The van der Waals surface area contributed by atoms with Crippen molar-refractivity contribution in [2.24, 2.45) is 11.8 Å². The third kappa shape index (κ3) is 2.49. The minimum absolute atomic E-state index is 0.0619. The lowest BCUT2D eigenvalue weighted by molar-refractivity contribution is -0.109. The minimum Gasteiger partial charge on any atom is -0.493 e. The monoisotopic (exact) mass is 371 g/mol. The van der Waals surface area contributed by atoms with Crippen LogP contribution in [0.3, 0.4) is 0 Å². The molecule has 4 nitrogen and oxygen atoms in total. The third-order valence-corrected chi connectivity index (χ3v) is 7.99. The number of nitrogens with zero attached hydrogens (tertiary/aromatic N) is 1. The van der Waals surface area contributed by atoms with Crippen molar-refractivity contribution in [2.45, 2.75) is 69.6 Å². The molecule has 2 aliphatic heterocycles. The van der Waals surface area contributed by atoms with Crippen molar-refractivity contribution < 1.29 is 14.2 Å². The van der Waals surface area contributed by atoms with Gasteiger partial charge in [0, 0.05) is 30.7 Å². The predicted octanol–water partition coefficient (Wildman–Crippen LogP) is 3.93.